The molecule has 0 aliphatic heterocycles. The van der Waals surface area contributed by atoms with E-state index in [1.165, 1.54) is 13.2 Å². The van der Waals surface area contributed by atoms with Gasteiger partial charge in [-0.3, -0.25) is 15.2 Å². The van der Waals surface area contributed by atoms with E-state index in [4.69, 9.17) is 9.47 Å². The number of nitrogens with one attached hydrogen (secondary N) is 1. The second-order valence-electron chi connectivity index (χ2n) is 5.15. The van der Waals surface area contributed by atoms with Gasteiger partial charge >= 0.3 is 5.97 Å². The Kier molecular flexibility index (Phi) is 6.17. The number of nitrogens with zero attached hydrogens (tertiary/aromatic N) is 1. The highest BCUT2D eigenvalue weighted by Gasteiger charge is 2.15. The first-order valence-corrected chi connectivity index (χ1v) is 7.59. The van der Waals surface area contributed by atoms with Crippen molar-refractivity contribution in [3.05, 3.63) is 71.9 Å². The van der Waals surface area contributed by atoms with E-state index in [0.717, 1.165) is 11.4 Å². The summed E-state index contributed by atoms with van der Waals surface area (Å²) < 4.78 is 9.87. The Morgan fingerprint density at radius 2 is 1.64 bits per heavy atom. The average molecular weight is 340 g/mol. The van der Waals surface area contributed by atoms with E-state index in [1.54, 1.807) is 55.6 Å². The van der Waals surface area contributed by atoms with E-state index in [1.807, 2.05) is 18.2 Å². The summed E-state index contributed by atoms with van der Waals surface area (Å²) in [7, 11) is 4.58. The van der Waals surface area contributed by atoms with Crippen LogP contribution in [0.2, 0.25) is 0 Å². The van der Waals surface area contributed by atoms with Crippen LogP contribution in [0.25, 0.3) is 0 Å². The second kappa shape index (κ2) is 8.54. The summed E-state index contributed by atoms with van der Waals surface area (Å²) in [5.41, 5.74) is 4.18. The van der Waals surface area contributed by atoms with E-state index in [9.17, 15) is 9.59 Å². The fraction of sp³-hybridized carbons (Fsp3) is 0.158. The molecule has 6 nitrogen and oxygen atoms in total. The lowest BCUT2D eigenvalue weighted by Crippen LogP contribution is -2.37. The molecule has 0 spiro atoms. The number of esters is 1. The van der Waals surface area contributed by atoms with Gasteiger partial charge in [-0.2, -0.15) is 0 Å². The zero-order chi connectivity index (χ0) is 18.2. The molecular formula is C19H20N2O4. The number of hydrazine groups is 1. The SMILES string of the molecule is COC(=O)/C(=C/C(=O)c1ccccc1)NN(C)c1ccc(OC)cc1. The normalized spacial score (nSPS) is 10.8. The predicted molar refractivity (Wildman–Crippen MR) is 95.4 cm³/mol. The predicted octanol–water partition coefficient (Wildman–Crippen LogP) is 2.58. The molecule has 0 amide bonds. The number of hydrogen-bond donors (Lipinski definition) is 1. The topological polar surface area (TPSA) is 67.9 Å². The molecule has 0 bridgehead atoms. The summed E-state index contributed by atoms with van der Waals surface area (Å²) in [6, 6.07) is 15.9. The molecule has 2 aromatic rings. The van der Waals surface area contributed by atoms with Gasteiger partial charge in [0.2, 0.25) is 0 Å². The van der Waals surface area contributed by atoms with E-state index < -0.39 is 5.97 Å². The number of rotatable bonds is 7. The van der Waals surface area contributed by atoms with Crippen molar-refractivity contribution in [2.45, 2.75) is 0 Å². The molecule has 0 heterocycles. The van der Waals surface area contributed by atoms with E-state index in [-0.39, 0.29) is 11.5 Å². The van der Waals surface area contributed by atoms with Crippen molar-refractivity contribution >= 4 is 17.4 Å². The second-order valence-corrected chi connectivity index (χ2v) is 5.15. The Morgan fingerprint density at radius 3 is 2.20 bits per heavy atom. The summed E-state index contributed by atoms with van der Waals surface area (Å²) in [4.78, 5) is 24.3. The van der Waals surface area contributed by atoms with Crippen LogP contribution in [0.3, 0.4) is 0 Å². The van der Waals surface area contributed by atoms with Crippen molar-refractivity contribution in [2.24, 2.45) is 0 Å². The maximum absolute atomic E-state index is 12.3. The number of ether oxygens (including phenoxy) is 2. The van der Waals surface area contributed by atoms with Crippen LogP contribution >= 0.6 is 0 Å². The fourth-order valence-electron chi connectivity index (χ4n) is 2.11. The Morgan fingerprint density at radius 1 is 1.00 bits per heavy atom. The zero-order valence-corrected chi connectivity index (χ0v) is 14.4. The lowest BCUT2D eigenvalue weighted by Gasteiger charge is -2.22. The van der Waals surface area contributed by atoms with Gasteiger partial charge < -0.3 is 9.47 Å². The third-order valence-electron chi connectivity index (χ3n) is 3.49. The summed E-state index contributed by atoms with van der Waals surface area (Å²) in [6.45, 7) is 0. The maximum Gasteiger partial charge on any atom is 0.356 e. The molecule has 0 fully saturated rings. The van der Waals surface area contributed by atoms with Crippen LogP contribution < -0.4 is 15.2 Å². The van der Waals surface area contributed by atoms with Crippen molar-refractivity contribution in [3.63, 3.8) is 0 Å². The largest absolute Gasteiger partial charge is 0.497 e. The molecule has 0 aliphatic rings. The van der Waals surface area contributed by atoms with Gasteiger partial charge in [-0.25, -0.2) is 4.79 Å². The minimum Gasteiger partial charge on any atom is -0.497 e. The Balaban J connectivity index is 2.20. The molecule has 1 N–H and O–H groups in total. The molecule has 25 heavy (non-hydrogen) atoms. The van der Waals surface area contributed by atoms with Gasteiger partial charge in [-0.05, 0) is 24.3 Å². The van der Waals surface area contributed by atoms with Crippen LogP contribution in [-0.4, -0.2) is 33.0 Å². The van der Waals surface area contributed by atoms with Crippen LogP contribution in [0.5, 0.6) is 5.75 Å². The minimum atomic E-state index is -0.635. The molecule has 0 saturated heterocycles. The number of benzene rings is 2. The van der Waals surface area contributed by atoms with E-state index in [2.05, 4.69) is 5.43 Å². The van der Waals surface area contributed by atoms with E-state index >= 15 is 0 Å². The van der Waals surface area contributed by atoms with Crippen molar-refractivity contribution in [1.29, 1.82) is 0 Å². The van der Waals surface area contributed by atoms with Gasteiger partial charge in [0.25, 0.3) is 0 Å². The standard InChI is InChI=1S/C19H20N2O4/c1-21(15-9-11-16(24-2)12-10-15)20-17(19(23)25-3)13-18(22)14-7-5-4-6-8-14/h4-13,20H,1-3H3/b17-13-. The van der Waals surface area contributed by atoms with Crippen molar-refractivity contribution in [3.8, 4) is 5.75 Å². The molecule has 0 unspecified atom stereocenters. The molecule has 0 saturated carbocycles. The van der Waals surface area contributed by atoms with Gasteiger partial charge in [0.1, 0.15) is 11.4 Å². The van der Waals surface area contributed by atoms with Crippen molar-refractivity contribution in [1.82, 2.24) is 5.43 Å². The molecule has 0 aliphatic carbocycles. The molecule has 130 valence electrons. The lowest BCUT2D eigenvalue weighted by atomic mass is 10.1. The number of carbonyl (C=O) groups excluding carboxylic acids is 2. The molecule has 0 atom stereocenters. The van der Waals surface area contributed by atoms with Crippen molar-refractivity contribution in [2.75, 3.05) is 26.3 Å². The summed E-state index contributed by atoms with van der Waals surface area (Å²) in [6.07, 6.45) is 1.22. The number of methoxy groups -OCH3 is 2. The highest BCUT2D eigenvalue weighted by atomic mass is 16.5. The molecule has 0 radical (unpaired) electrons. The van der Waals surface area contributed by atoms with Crippen molar-refractivity contribution < 1.29 is 19.1 Å². The summed E-state index contributed by atoms with van der Waals surface area (Å²) in [5.74, 6) is -0.207. The van der Waals surface area contributed by atoms with Crippen LogP contribution in [0.1, 0.15) is 10.4 Å². The third-order valence-corrected chi connectivity index (χ3v) is 3.49. The minimum absolute atomic E-state index is 0.0367. The molecule has 2 rings (SSSR count). The van der Waals surface area contributed by atoms with Gasteiger partial charge in [0, 0.05) is 18.7 Å². The molecule has 2 aromatic carbocycles. The average Bonchev–Trinajstić information content (AvgIpc) is 2.67. The highest BCUT2D eigenvalue weighted by molar-refractivity contribution is 6.08. The smallest absolute Gasteiger partial charge is 0.356 e. The Hall–Kier alpha value is -3.28. The van der Waals surface area contributed by atoms with Gasteiger partial charge in [0.15, 0.2) is 5.78 Å². The number of carbonyl (C=O) groups is 2. The Bertz CT molecular complexity index is 755. The Labute approximate surface area is 146 Å². The van der Waals surface area contributed by atoms with Crippen LogP contribution in [0, 0.1) is 0 Å². The molecule has 0 aromatic heterocycles. The molecule has 6 heteroatoms. The van der Waals surface area contributed by atoms with Gasteiger partial charge in [-0.1, -0.05) is 30.3 Å². The number of hydrogen-bond acceptors (Lipinski definition) is 6. The van der Waals surface area contributed by atoms with Gasteiger partial charge in [-0.15, -0.1) is 0 Å². The third kappa shape index (κ3) is 4.84. The van der Waals surface area contributed by atoms with Crippen LogP contribution in [0.15, 0.2) is 66.4 Å². The zero-order valence-electron chi connectivity index (χ0n) is 14.4. The number of allylic oxidation sites excluding steroid dienone is 1. The monoisotopic (exact) mass is 340 g/mol. The lowest BCUT2D eigenvalue weighted by molar-refractivity contribution is -0.136. The first kappa shape index (κ1) is 18.1. The maximum atomic E-state index is 12.3. The first-order chi connectivity index (χ1) is 12.0. The number of ketones is 1. The van der Waals surface area contributed by atoms with Crippen LogP contribution in [0.4, 0.5) is 5.69 Å². The summed E-state index contributed by atoms with van der Waals surface area (Å²) >= 11 is 0. The first-order valence-electron chi connectivity index (χ1n) is 7.59. The quantitative estimate of drug-likeness (QED) is 0.362. The molecular weight excluding hydrogens is 320 g/mol. The van der Waals surface area contributed by atoms with Gasteiger partial charge in [0.05, 0.1) is 19.9 Å². The fourth-order valence-corrected chi connectivity index (χ4v) is 2.11. The number of anilines is 1. The van der Waals surface area contributed by atoms with E-state index in [0.29, 0.717) is 5.56 Å². The van der Waals surface area contributed by atoms with Crippen LogP contribution in [-0.2, 0) is 9.53 Å². The summed E-state index contributed by atoms with van der Waals surface area (Å²) in [5, 5.41) is 1.61. The highest BCUT2D eigenvalue weighted by Crippen LogP contribution is 2.17.